The molecule has 1 aromatic heterocycles. The van der Waals surface area contributed by atoms with Gasteiger partial charge in [-0.3, -0.25) is 0 Å². The first-order chi connectivity index (χ1) is 18.2. The lowest BCUT2D eigenvalue weighted by atomic mass is 10.0. The predicted octanol–water partition coefficient (Wildman–Crippen LogP) is 5.29. The summed E-state index contributed by atoms with van der Waals surface area (Å²) in [5.41, 5.74) is 2.16. The van der Waals surface area contributed by atoms with Crippen molar-refractivity contribution in [3.05, 3.63) is 65.4 Å². The highest BCUT2D eigenvalue weighted by atomic mass is 19.1. The molecule has 6 nitrogen and oxygen atoms in total. The summed E-state index contributed by atoms with van der Waals surface area (Å²) in [5, 5.41) is 0. The van der Waals surface area contributed by atoms with Gasteiger partial charge < -0.3 is 19.4 Å². The number of halogens is 3. The molecule has 5 rings (SSSR count). The summed E-state index contributed by atoms with van der Waals surface area (Å²) in [6.07, 6.45) is 3.29. The monoisotopic (exact) mass is 525 g/mol. The van der Waals surface area contributed by atoms with Gasteiger partial charge in [0.05, 0.1) is 24.1 Å². The molecule has 2 aliphatic rings. The van der Waals surface area contributed by atoms with E-state index < -0.39 is 11.6 Å². The summed E-state index contributed by atoms with van der Waals surface area (Å²) < 4.78 is 50.5. The van der Waals surface area contributed by atoms with Gasteiger partial charge in [0.25, 0.3) is 0 Å². The third-order valence-electron chi connectivity index (χ3n) is 7.51. The van der Waals surface area contributed by atoms with Crippen molar-refractivity contribution in [3.8, 4) is 17.0 Å². The van der Waals surface area contributed by atoms with E-state index >= 15 is 4.39 Å². The Hall–Kier alpha value is -3.33. The van der Waals surface area contributed by atoms with Gasteiger partial charge in [0, 0.05) is 37.2 Å². The molecular weight excluding hydrogens is 491 g/mol. The van der Waals surface area contributed by atoms with Crippen molar-refractivity contribution in [2.24, 2.45) is 0 Å². The second-order valence-corrected chi connectivity index (χ2v) is 10.6. The molecule has 3 heterocycles. The minimum Gasteiger partial charge on any atom is -0.486 e. The number of ether oxygens (including phenoxy) is 1. The van der Waals surface area contributed by atoms with Crippen LogP contribution in [0.15, 0.2) is 36.5 Å². The Morgan fingerprint density at radius 2 is 1.74 bits per heavy atom. The maximum atomic E-state index is 15.1. The molecule has 2 aromatic carbocycles. The molecule has 0 N–H and O–H groups in total. The van der Waals surface area contributed by atoms with Gasteiger partial charge in [-0.15, -0.1) is 0 Å². The van der Waals surface area contributed by atoms with E-state index in [0.29, 0.717) is 47.5 Å². The minimum atomic E-state index is -0.649. The van der Waals surface area contributed by atoms with Crippen molar-refractivity contribution < 1.29 is 17.9 Å². The molecule has 0 amide bonds. The van der Waals surface area contributed by atoms with Crippen LogP contribution in [0.2, 0.25) is 0 Å². The Labute approximate surface area is 222 Å². The van der Waals surface area contributed by atoms with Gasteiger partial charge in [-0.2, -0.15) is 0 Å². The second kappa shape index (κ2) is 10.8. The average Bonchev–Trinajstić information content (AvgIpc) is 2.89. The quantitative estimate of drug-likeness (QED) is 0.436. The van der Waals surface area contributed by atoms with E-state index in [2.05, 4.69) is 33.9 Å². The molecule has 202 valence electrons. The van der Waals surface area contributed by atoms with Crippen LogP contribution in [0.3, 0.4) is 0 Å². The van der Waals surface area contributed by atoms with Crippen LogP contribution in [0.1, 0.15) is 38.1 Å². The SMILES string of the molecule is CC(C)N1CCOc2c(F)cc(-c3nc(Cc4ccc(N5CCC(N(C)C)CC5)c(F)c4)ncc3F)cc21. The van der Waals surface area contributed by atoms with Crippen molar-refractivity contribution >= 4 is 11.4 Å². The third kappa shape index (κ3) is 5.29. The number of nitrogens with zero attached hydrogens (tertiary/aromatic N) is 5. The fraction of sp³-hybridized carbons (Fsp3) is 0.448. The highest BCUT2D eigenvalue weighted by Crippen LogP contribution is 2.39. The largest absolute Gasteiger partial charge is 0.486 e. The lowest BCUT2D eigenvalue weighted by Gasteiger charge is -2.36. The zero-order chi connectivity index (χ0) is 27.0. The van der Waals surface area contributed by atoms with E-state index in [9.17, 15) is 8.78 Å². The van der Waals surface area contributed by atoms with Crippen molar-refractivity contribution in [1.29, 1.82) is 0 Å². The number of rotatable bonds is 6. The standard InChI is InChI=1S/C29H34F3N5O/c1-18(2)37-11-12-38-29-23(31)15-20(16-26(29)37)28-24(32)17-33-27(34-28)14-19-5-6-25(22(30)13-19)36-9-7-21(8-10-36)35(3)4/h5-6,13,15-18,21H,7-12,14H2,1-4H3. The molecule has 9 heteroatoms. The topological polar surface area (TPSA) is 44.7 Å². The van der Waals surface area contributed by atoms with Crippen LogP contribution < -0.4 is 14.5 Å². The second-order valence-electron chi connectivity index (χ2n) is 10.6. The fourth-order valence-electron chi connectivity index (χ4n) is 5.39. The Morgan fingerprint density at radius 1 is 0.974 bits per heavy atom. The van der Waals surface area contributed by atoms with Crippen LogP contribution in [0.25, 0.3) is 11.3 Å². The van der Waals surface area contributed by atoms with Crippen molar-refractivity contribution in [1.82, 2.24) is 14.9 Å². The van der Waals surface area contributed by atoms with E-state index in [-0.39, 0.29) is 29.7 Å². The van der Waals surface area contributed by atoms with E-state index in [1.54, 1.807) is 12.1 Å². The van der Waals surface area contributed by atoms with Crippen LogP contribution in [-0.4, -0.2) is 67.3 Å². The number of anilines is 2. The molecule has 0 unspecified atom stereocenters. The normalized spacial score (nSPS) is 16.2. The minimum absolute atomic E-state index is 0.00633. The highest BCUT2D eigenvalue weighted by molar-refractivity contribution is 5.72. The van der Waals surface area contributed by atoms with Gasteiger partial charge in [-0.25, -0.2) is 23.1 Å². The number of hydrogen-bond acceptors (Lipinski definition) is 6. The average molecular weight is 526 g/mol. The van der Waals surface area contributed by atoms with Gasteiger partial charge in [-0.05, 0) is 70.6 Å². The van der Waals surface area contributed by atoms with Crippen LogP contribution in [-0.2, 0) is 6.42 Å². The molecule has 0 aliphatic carbocycles. The van der Waals surface area contributed by atoms with Crippen LogP contribution in [0, 0.1) is 17.5 Å². The van der Waals surface area contributed by atoms with E-state index in [1.807, 2.05) is 24.8 Å². The van der Waals surface area contributed by atoms with Crippen molar-refractivity contribution in [3.63, 3.8) is 0 Å². The molecule has 2 aliphatic heterocycles. The molecule has 0 spiro atoms. The smallest absolute Gasteiger partial charge is 0.178 e. The first-order valence-electron chi connectivity index (χ1n) is 13.2. The van der Waals surface area contributed by atoms with Crippen LogP contribution >= 0.6 is 0 Å². The summed E-state index contributed by atoms with van der Waals surface area (Å²) in [5.74, 6) is -1.00. The first kappa shape index (κ1) is 26.3. The predicted molar refractivity (Wildman–Crippen MR) is 143 cm³/mol. The Morgan fingerprint density at radius 3 is 2.42 bits per heavy atom. The summed E-state index contributed by atoms with van der Waals surface area (Å²) in [4.78, 5) is 14.9. The number of benzene rings is 2. The lowest BCUT2D eigenvalue weighted by molar-refractivity contribution is 0.249. The molecule has 3 aromatic rings. The maximum Gasteiger partial charge on any atom is 0.178 e. The molecule has 1 saturated heterocycles. The Bertz CT molecular complexity index is 1310. The number of aromatic nitrogens is 2. The van der Waals surface area contributed by atoms with E-state index in [4.69, 9.17) is 4.74 Å². The fourth-order valence-corrected chi connectivity index (χ4v) is 5.39. The van der Waals surface area contributed by atoms with Crippen LogP contribution in [0.4, 0.5) is 24.5 Å². The maximum absolute atomic E-state index is 15.1. The van der Waals surface area contributed by atoms with Crippen molar-refractivity contribution in [2.45, 2.75) is 45.2 Å². The molecular formula is C29H34F3N5O. The summed E-state index contributed by atoms with van der Waals surface area (Å²) in [6.45, 7) is 6.64. The molecule has 0 bridgehead atoms. The lowest BCUT2D eigenvalue weighted by Crippen LogP contribution is -2.42. The zero-order valence-electron chi connectivity index (χ0n) is 22.3. The highest BCUT2D eigenvalue weighted by Gasteiger charge is 2.26. The van der Waals surface area contributed by atoms with E-state index in [1.165, 1.54) is 12.1 Å². The number of piperidine rings is 1. The summed E-state index contributed by atoms with van der Waals surface area (Å²) >= 11 is 0. The summed E-state index contributed by atoms with van der Waals surface area (Å²) in [7, 11) is 4.16. The Balaban J connectivity index is 1.38. The molecule has 1 fully saturated rings. The zero-order valence-corrected chi connectivity index (χ0v) is 22.3. The molecule has 38 heavy (non-hydrogen) atoms. The third-order valence-corrected chi connectivity index (χ3v) is 7.51. The summed E-state index contributed by atoms with van der Waals surface area (Å²) in [6, 6.07) is 8.74. The van der Waals surface area contributed by atoms with Gasteiger partial charge in [-0.1, -0.05) is 6.07 Å². The van der Waals surface area contributed by atoms with Gasteiger partial charge in [0.15, 0.2) is 17.4 Å². The number of hydrogen-bond donors (Lipinski definition) is 0. The molecule has 0 atom stereocenters. The van der Waals surface area contributed by atoms with Crippen LogP contribution in [0.5, 0.6) is 5.75 Å². The van der Waals surface area contributed by atoms with Gasteiger partial charge in [0.2, 0.25) is 0 Å². The molecule has 0 radical (unpaired) electrons. The molecule has 0 saturated carbocycles. The number of fused-ring (bicyclic) bond motifs is 1. The van der Waals surface area contributed by atoms with Crippen molar-refractivity contribution in [2.75, 3.05) is 50.1 Å². The van der Waals surface area contributed by atoms with E-state index in [0.717, 1.165) is 32.1 Å². The first-order valence-corrected chi connectivity index (χ1v) is 13.2. The van der Waals surface area contributed by atoms with Gasteiger partial charge >= 0.3 is 0 Å². The van der Waals surface area contributed by atoms with Gasteiger partial charge in [0.1, 0.15) is 23.9 Å². The Kier molecular flexibility index (Phi) is 7.47.